The number of carbonyl (C=O) groups excluding carboxylic acids is 1. The van der Waals surface area contributed by atoms with Crippen LogP contribution in [0.4, 0.5) is 0 Å². The number of hydrogen-bond acceptors (Lipinski definition) is 5. The van der Waals surface area contributed by atoms with Crippen molar-refractivity contribution < 1.29 is 19.4 Å². The van der Waals surface area contributed by atoms with Gasteiger partial charge in [-0.15, -0.1) is 0 Å². The summed E-state index contributed by atoms with van der Waals surface area (Å²) < 4.78 is 5.26. The fourth-order valence-corrected chi connectivity index (χ4v) is 3.66. The van der Waals surface area contributed by atoms with E-state index >= 15 is 0 Å². The highest BCUT2D eigenvalue weighted by Crippen LogP contribution is 2.39. The lowest BCUT2D eigenvalue weighted by Crippen LogP contribution is -2.19. The predicted octanol–water partition coefficient (Wildman–Crippen LogP) is 3.92. The second-order valence-electron chi connectivity index (χ2n) is 6.53. The van der Waals surface area contributed by atoms with Gasteiger partial charge in [0.2, 0.25) is 0 Å². The Morgan fingerprint density at radius 3 is 2.54 bits per heavy atom. The van der Waals surface area contributed by atoms with Crippen LogP contribution in [-0.2, 0) is 6.42 Å². The van der Waals surface area contributed by atoms with Crippen LogP contribution in [0.5, 0.6) is 11.5 Å². The molecule has 0 aliphatic heterocycles. The van der Waals surface area contributed by atoms with Gasteiger partial charge >= 0.3 is 5.63 Å². The number of rotatable bonds is 4. The molecule has 0 amide bonds. The zero-order valence-electron chi connectivity index (χ0n) is 13.8. The Kier molecular flexibility index (Phi) is 4.60. The maximum atomic E-state index is 12.9. The molecule has 2 aromatic rings. The molecule has 1 aliphatic rings. The number of phenols is 2. The van der Waals surface area contributed by atoms with Gasteiger partial charge in [0.05, 0.1) is 5.39 Å². The molecular formula is C19H22O5. The second-order valence-corrected chi connectivity index (χ2v) is 6.53. The highest BCUT2D eigenvalue weighted by molar-refractivity contribution is 6.11. The summed E-state index contributed by atoms with van der Waals surface area (Å²) in [6.07, 6.45) is 6.00. The number of aromatic hydroxyl groups is 2. The summed E-state index contributed by atoms with van der Waals surface area (Å²) in [4.78, 5) is 24.8. The normalized spacial score (nSPS) is 15.7. The Morgan fingerprint density at radius 1 is 1.17 bits per heavy atom. The van der Waals surface area contributed by atoms with E-state index in [9.17, 15) is 19.8 Å². The number of Topliss-reactive ketones (excluding diaryl/α,β-unsaturated/α-hetero) is 1. The Hall–Kier alpha value is -2.30. The average Bonchev–Trinajstić information content (AvgIpc) is 2.55. The average molecular weight is 330 g/mol. The predicted molar refractivity (Wildman–Crippen MR) is 90.7 cm³/mol. The topological polar surface area (TPSA) is 87.7 Å². The first kappa shape index (κ1) is 16.6. The van der Waals surface area contributed by atoms with E-state index in [1.807, 2.05) is 6.92 Å². The van der Waals surface area contributed by atoms with Crippen LogP contribution in [-0.4, -0.2) is 16.0 Å². The van der Waals surface area contributed by atoms with E-state index in [1.54, 1.807) is 0 Å². The van der Waals surface area contributed by atoms with Crippen molar-refractivity contribution in [1.82, 2.24) is 0 Å². The van der Waals surface area contributed by atoms with Gasteiger partial charge in [0, 0.05) is 18.1 Å². The number of phenolic OH excluding ortho intramolecular Hbond substituents is 2. The van der Waals surface area contributed by atoms with Crippen molar-refractivity contribution in [1.29, 1.82) is 0 Å². The van der Waals surface area contributed by atoms with E-state index < -0.39 is 5.63 Å². The smallest absolute Gasteiger partial charge is 0.336 e. The summed E-state index contributed by atoms with van der Waals surface area (Å²) >= 11 is 0. The minimum atomic E-state index is -0.575. The minimum Gasteiger partial charge on any atom is -0.507 e. The lowest BCUT2D eigenvalue weighted by atomic mass is 9.83. The van der Waals surface area contributed by atoms with Crippen molar-refractivity contribution in [2.75, 3.05) is 0 Å². The molecule has 2 N–H and O–H groups in total. The van der Waals surface area contributed by atoms with Crippen molar-refractivity contribution >= 4 is 16.8 Å². The quantitative estimate of drug-likeness (QED) is 0.655. The maximum Gasteiger partial charge on any atom is 0.336 e. The summed E-state index contributed by atoms with van der Waals surface area (Å²) in [7, 11) is 0. The highest BCUT2D eigenvalue weighted by Gasteiger charge is 2.29. The molecule has 0 spiro atoms. The molecule has 128 valence electrons. The van der Waals surface area contributed by atoms with Gasteiger partial charge in [-0.05, 0) is 24.8 Å². The van der Waals surface area contributed by atoms with E-state index in [4.69, 9.17) is 4.42 Å². The molecule has 0 bridgehead atoms. The molecule has 0 unspecified atom stereocenters. The monoisotopic (exact) mass is 330 g/mol. The fourth-order valence-electron chi connectivity index (χ4n) is 3.66. The van der Waals surface area contributed by atoms with Crippen LogP contribution in [0.2, 0.25) is 0 Å². The molecule has 1 aromatic heterocycles. The van der Waals surface area contributed by atoms with Gasteiger partial charge in [0.1, 0.15) is 17.1 Å². The molecule has 0 radical (unpaired) electrons. The van der Waals surface area contributed by atoms with Crippen LogP contribution in [0.3, 0.4) is 0 Å². The Balaban J connectivity index is 2.23. The number of ketones is 1. The van der Waals surface area contributed by atoms with E-state index in [2.05, 4.69) is 0 Å². The third kappa shape index (κ3) is 2.90. The zero-order chi connectivity index (χ0) is 17.3. The molecule has 1 heterocycles. The standard InChI is InChI=1S/C19H22O5/c1-2-6-12-9-15(22)24-19-16(12)13(20)10-14(21)17(19)18(23)11-7-4-3-5-8-11/h9-11,20-21H,2-8H2,1H3. The van der Waals surface area contributed by atoms with Crippen LogP contribution in [0.1, 0.15) is 61.4 Å². The van der Waals surface area contributed by atoms with Gasteiger partial charge in [-0.2, -0.15) is 0 Å². The molecule has 1 aromatic carbocycles. The molecule has 1 fully saturated rings. The number of hydrogen-bond donors (Lipinski definition) is 2. The van der Waals surface area contributed by atoms with Gasteiger partial charge in [0.15, 0.2) is 11.4 Å². The second kappa shape index (κ2) is 6.67. The first-order chi connectivity index (χ1) is 11.5. The van der Waals surface area contributed by atoms with Crippen molar-refractivity contribution in [3.8, 4) is 11.5 Å². The largest absolute Gasteiger partial charge is 0.507 e. The molecule has 3 rings (SSSR count). The van der Waals surface area contributed by atoms with E-state index in [0.29, 0.717) is 17.4 Å². The minimum absolute atomic E-state index is 0.0130. The zero-order valence-corrected chi connectivity index (χ0v) is 13.8. The van der Waals surface area contributed by atoms with Crippen molar-refractivity contribution in [2.24, 2.45) is 5.92 Å². The summed E-state index contributed by atoms with van der Waals surface area (Å²) in [5, 5.41) is 20.8. The first-order valence-corrected chi connectivity index (χ1v) is 8.58. The van der Waals surface area contributed by atoms with Crippen LogP contribution < -0.4 is 5.63 Å². The van der Waals surface area contributed by atoms with Crippen LogP contribution in [0, 0.1) is 5.92 Å². The number of aryl methyl sites for hydroxylation is 1. The lowest BCUT2D eigenvalue weighted by molar-refractivity contribution is 0.0887. The molecule has 0 atom stereocenters. The van der Waals surface area contributed by atoms with Gasteiger partial charge in [-0.1, -0.05) is 32.6 Å². The van der Waals surface area contributed by atoms with Gasteiger partial charge < -0.3 is 14.6 Å². The van der Waals surface area contributed by atoms with Gasteiger partial charge in [-0.3, -0.25) is 4.79 Å². The number of carbonyl (C=O) groups is 1. The summed E-state index contributed by atoms with van der Waals surface area (Å²) in [6.45, 7) is 1.96. The Bertz CT molecular complexity index is 828. The number of fused-ring (bicyclic) bond motifs is 1. The molecule has 5 nitrogen and oxygen atoms in total. The van der Waals surface area contributed by atoms with Crippen molar-refractivity contribution in [2.45, 2.75) is 51.9 Å². The van der Waals surface area contributed by atoms with Crippen LogP contribution in [0.15, 0.2) is 21.3 Å². The highest BCUT2D eigenvalue weighted by atomic mass is 16.4. The molecule has 1 saturated carbocycles. The maximum absolute atomic E-state index is 12.9. The Morgan fingerprint density at radius 2 is 1.88 bits per heavy atom. The van der Waals surface area contributed by atoms with Gasteiger partial charge in [-0.25, -0.2) is 4.79 Å². The molecular weight excluding hydrogens is 308 g/mol. The van der Waals surface area contributed by atoms with Crippen molar-refractivity contribution in [3.05, 3.63) is 33.7 Å². The summed E-state index contributed by atoms with van der Waals surface area (Å²) in [6, 6.07) is 2.52. The first-order valence-electron chi connectivity index (χ1n) is 8.58. The van der Waals surface area contributed by atoms with Crippen molar-refractivity contribution in [3.63, 3.8) is 0 Å². The third-order valence-electron chi connectivity index (χ3n) is 4.80. The van der Waals surface area contributed by atoms with E-state index in [-0.39, 0.29) is 34.3 Å². The summed E-state index contributed by atoms with van der Waals surface area (Å²) in [5.74, 6) is -0.867. The van der Waals surface area contributed by atoms with Gasteiger partial charge in [0.25, 0.3) is 0 Å². The fraction of sp³-hybridized carbons (Fsp3) is 0.474. The summed E-state index contributed by atoms with van der Waals surface area (Å²) in [5.41, 5.74) is 0.108. The third-order valence-corrected chi connectivity index (χ3v) is 4.80. The molecule has 5 heteroatoms. The number of benzene rings is 1. The van der Waals surface area contributed by atoms with Crippen LogP contribution in [0.25, 0.3) is 11.0 Å². The van der Waals surface area contributed by atoms with E-state index in [1.165, 1.54) is 12.1 Å². The van der Waals surface area contributed by atoms with Crippen LogP contribution >= 0.6 is 0 Å². The molecule has 0 saturated heterocycles. The molecule has 1 aliphatic carbocycles. The lowest BCUT2D eigenvalue weighted by Gasteiger charge is -2.21. The van der Waals surface area contributed by atoms with E-state index in [0.717, 1.165) is 38.5 Å². The Labute approximate surface area is 139 Å². The molecule has 24 heavy (non-hydrogen) atoms. The SMILES string of the molecule is CCCc1cc(=O)oc2c(C(=O)C3CCCCC3)c(O)cc(O)c12.